The standard InChI is InChI=1S/C11H13F3OS/c1-10(2,7-15)8-3-5-9(6-4-8)16-11(12,13)14/h3-6,15H,7H2,1-2H3. The normalized spacial score (nSPS) is 12.9. The molecule has 16 heavy (non-hydrogen) atoms. The van der Waals surface area contributed by atoms with Crippen LogP contribution in [0.3, 0.4) is 0 Å². The summed E-state index contributed by atoms with van der Waals surface area (Å²) in [7, 11) is 0. The van der Waals surface area contributed by atoms with Crippen LogP contribution in [-0.4, -0.2) is 17.2 Å². The maximum absolute atomic E-state index is 12.1. The lowest BCUT2D eigenvalue weighted by Crippen LogP contribution is -2.21. The molecular weight excluding hydrogens is 237 g/mol. The molecule has 0 spiro atoms. The Labute approximate surface area is 96.7 Å². The monoisotopic (exact) mass is 250 g/mol. The number of halogens is 3. The largest absolute Gasteiger partial charge is 0.446 e. The summed E-state index contributed by atoms with van der Waals surface area (Å²) >= 11 is -0.135. The zero-order valence-electron chi connectivity index (χ0n) is 9.01. The molecule has 0 heterocycles. The summed E-state index contributed by atoms with van der Waals surface area (Å²) in [6.45, 7) is 3.62. The van der Waals surface area contributed by atoms with Crippen molar-refractivity contribution in [2.75, 3.05) is 6.61 Å². The van der Waals surface area contributed by atoms with Crippen LogP contribution in [0.25, 0.3) is 0 Å². The average Bonchev–Trinajstić information content (AvgIpc) is 2.16. The molecule has 0 aliphatic carbocycles. The van der Waals surface area contributed by atoms with Gasteiger partial charge in [-0.3, -0.25) is 0 Å². The van der Waals surface area contributed by atoms with Crippen molar-refractivity contribution in [1.82, 2.24) is 0 Å². The van der Waals surface area contributed by atoms with Gasteiger partial charge in [-0.15, -0.1) is 0 Å². The van der Waals surface area contributed by atoms with Crippen molar-refractivity contribution < 1.29 is 18.3 Å². The molecule has 0 aromatic heterocycles. The number of aliphatic hydroxyl groups is 1. The van der Waals surface area contributed by atoms with E-state index in [0.29, 0.717) is 0 Å². The first-order valence-corrected chi connectivity index (χ1v) is 5.53. The lowest BCUT2D eigenvalue weighted by molar-refractivity contribution is -0.0328. The zero-order chi connectivity index (χ0) is 12.4. The van der Waals surface area contributed by atoms with E-state index in [9.17, 15) is 13.2 Å². The van der Waals surface area contributed by atoms with Crippen LogP contribution in [0.15, 0.2) is 29.2 Å². The molecule has 5 heteroatoms. The minimum Gasteiger partial charge on any atom is -0.395 e. The molecule has 1 N–H and O–H groups in total. The van der Waals surface area contributed by atoms with Crippen molar-refractivity contribution in [3.05, 3.63) is 29.8 Å². The molecule has 0 bridgehead atoms. The van der Waals surface area contributed by atoms with Gasteiger partial charge in [0.25, 0.3) is 0 Å². The summed E-state index contributed by atoms with van der Waals surface area (Å²) in [6.07, 6.45) is 0. The van der Waals surface area contributed by atoms with Crippen LogP contribution in [-0.2, 0) is 5.41 Å². The van der Waals surface area contributed by atoms with Gasteiger partial charge >= 0.3 is 5.51 Å². The van der Waals surface area contributed by atoms with Crippen LogP contribution in [0, 0.1) is 0 Å². The maximum atomic E-state index is 12.1. The average molecular weight is 250 g/mol. The van der Waals surface area contributed by atoms with Gasteiger partial charge in [0.1, 0.15) is 0 Å². The third-order valence-corrected chi connectivity index (χ3v) is 3.00. The first-order valence-electron chi connectivity index (χ1n) is 4.72. The highest BCUT2D eigenvalue weighted by molar-refractivity contribution is 8.00. The molecular formula is C11H13F3OS. The first kappa shape index (κ1) is 13.4. The number of alkyl halides is 3. The van der Waals surface area contributed by atoms with Gasteiger partial charge in [-0.1, -0.05) is 26.0 Å². The van der Waals surface area contributed by atoms with Crippen molar-refractivity contribution >= 4 is 11.8 Å². The Bertz CT molecular complexity index is 343. The summed E-state index contributed by atoms with van der Waals surface area (Å²) < 4.78 is 36.2. The molecule has 0 saturated heterocycles. The molecule has 1 aromatic rings. The molecule has 0 atom stereocenters. The second-order valence-corrected chi connectivity index (χ2v) is 5.25. The van der Waals surface area contributed by atoms with E-state index in [1.165, 1.54) is 12.1 Å². The Balaban J connectivity index is 2.84. The molecule has 1 aromatic carbocycles. The number of rotatable bonds is 3. The molecule has 0 fully saturated rings. The van der Waals surface area contributed by atoms with E-state index in [1.54, 1.807) is 12.1 Å². The summed E-state index contributed by atoms with van der Waals surface area (Å²) in [5, 5.41) is 9.12. The highest BCUT2D eigenvalue weighted by atomic mass is 32.2. The van der Waals surface area contributed by atoms with E-state index in [4.69, 9.17) is 5.11 Å². The smallest absolute Gasteiger partial charge is 0.395 e. The van der Waals surface area contributed by atoms with Crippen LogP contribution in [0.4, 0.5) is 13.2 Å². The van der Waals surface area contributed by atoms with Crippen LogP contribution >= 0.6 is 11.8 Å². The second kappa shape index (κ2) is 4.67. The Morgan fingerprint density at radius 2 is 1.62 bits per heavy atom. The molecule has 0 aliphatic heterocycles. The number of benzene rings is 1. The quantitative estimate of drug-likeness (QED) is 0.828. The van der Waals surface area contributed by atoms with Gasteiger partial charge in [0.05, 0.1) is 6.61 Å². The van der Waals surface area contributed by atoms with Crippen LogP contribution in [0.1, 0.15) is 19.4 Å². The Hall–Kier alpha value is -0.680. The van der Waals surface area contributed by atoms with Gasteiger partial charge in [-0.2, -0.15) is 13.2 Å². The van der Waals surface area contributed by atoms with Crippen LogP contribution in [0.5, 0.6) is 0 Å². The molecule has 0 radical (unpaired) electrons. The molecule has 0 amide bonds. The molecule has 1 nitrogen and oxygen atoms in total. The summed E-state index contributed by atoms with van der Waals surface area (Å²) in [5.74, 6) is 0. The minimum atomic E-state index is -4.26. The fourth-order valence-electron chi connectivity index (χ4n) is 1.20. The number of hydrogen-bond donors (Lipinski definition) is 1. The van der Waals surface area contributed by atoms with Crippen LogP contribution < -0.4 is 0 Å². The van der Waals surface area contributed by atoms with E-state index >= 15 is 0 Å². The summed E-state index contributed by atoms with van der Waals surface area (Å²) in [4.78, 5) is 0.157. The van der Waals surface area contributed by atoms with Crippen molar-refractivity contribution in [1.29, 1.82) is 0 Å². The zero-order valence-corrected chi connectivity index (χ0v) is 9.82. The van der Waals surface area contributed by atoms with Crippen molar-refractivity contribution in [3.63, 3.8) is 0 Å². The van der Waals surface area contributed by atoms with E-state index in [-0.39, 0.29) is 23.3 Å². The maximum Gasteiger partial charge on any atom is 0.446 e. The minimum absolute atomic E-state index is 0.0429. The van der Waals surface area contributed by atoms with Crippen molar-refractivity contribution in [3.8, 4) is 0 Å². The predicted octanol–water partition coefficient (Wildman–Crippen LogP) is 3.57. The third-order valence-electron chi connectivity index (χ3n) is 2.26. The second-order valence-electron chi connectivity index (χ2n) is 4.11. The fourth-order valence-corrected chi connectivity index (χ4v) is 1.74. The number of hydrogen-bond acceptors (Lipinski definition) is 2. The first-order chi connectivity index (χ1) is 7.24. The SMILES string of the molecule is CC(C)(CO)c1ccc(SC(F)(F)F)cc1. The molecule has 0 aliphatic rings. The highest BCUT2D eigenvalue weighted by Crippen LogP contribution is 2.37. The lowest BCUT2D eigenvalue weighted by Gasteiger charge is -2.22. The van der Waals surface area contributed by atoms with Crippen LogP contribution in [0.2, 0.25) is 0 Å². The molecule has 90 valence electrons. The van der Waals surface area contributed by atoms with Crippen molar-refractivity contribution in [2.45, 2.75) is 29.7 Å². The van der Waals surface area contributed by atoms with Gasteiger partial charge in [-0.25, -0.2) is 0 Å². The van der Waals surface area contributed by atoms with Gasteiger partial charge in [0, 0.05) is 10.3 Å². The van der Waals surface area contributed by atoms with Gasteiger partial charge in [0.2, 0.25) is 0 Å². The number of aliphatic hydroxyl groups excluding tert-OH is 1. The highest BCUT2D eigenvalue weighted by Gasteiger charge is 2.29. The summed E-state index contributed by atoms with van der Waals surface area (Å²) in [6, 6.07) is 6.07. The van der Waals surface area contributed by atoms with E-state index in [0.717, 1.165) is 5.56 Å². The van der Waals surface area contributed by atoms with Crippen molar-refractivity contribution in [2.24, 2.45) is 0 Å². The fraction of sp³-hybridized carbons (Fsp3) is 0.455. The topological polar surface area (TPSA) is 20.2 Å². The lowest BCUT2D eigenvalue weighted by atomic mass is 9.86. The Kier molecular flexibility index (Phi) is 3.91. The molecule has 0 unspecified atom stereocenters. The van der Waals surface area contributed by atoms with E-state index in [2.05, 4.69) is 0 Å². The summed E-state index contributed by atoms with van der Waals surface area (Å²) in [5.41, 5.74) is -3.86. The molecule has 0 saturated carbocycles. The molecule has 1 rings (SSSR count). The Morgan fingerprint density at radius 1 is 1.12 bits per heavy atom. The Morgan fingerprint density at radius 3 is 2.00 bits per heavy atom. The van der Waals surface area contributed by atoms with Gasteiger partial charge in [0.15, 0.2) is 0 Å². The van der Waals surface area contributed by atoms with Gasteiger partial charge in [-0.05, 0) is 29.5 Å². The van der Waals surface area contributed by atoms with Gasteiger partial charge < -0.3 is 5.11 Å². The third kappa shape index (κ3) is 3.72. The predicted molar refractivity (Wildman–Crippen MR) is 58.5 cm³/mol. The number of thioether (sulfide) groups is 1. The van der Waals surface area contributed by atoms with E-state index in [1.807, 2.05) is 13.8 Å². The van der Waals surface area contributed by atoms with E-state index < -0.39 is 10.9 Å².